The highest BCUT2D eigenvalue weighted by Gasteiger charge is 2.32. The molecule has 0 aromatic rings. The normalized spacial score (nSPS) is 29.3. The van der Waals surface area contributed by atoms with Crippen molar-refractivity contribution in [1.82, 2.24) is 4.90 Å². The molecule has 0 aliphatic carbocycles. The van der Waals surface area contributed by atoms with E-state index < -0.39 is 0 Å². The van der Waals surface area contributed by atoms with Crippen molar-refractivity contribution >= 4 is 18.3 Å². The molecule has 18 heavy (non-hydrogen) atoms. The van der Waals surface area contributed by atoms with Gasteiger partial charge in [-0.2, -0.15) is 0 Å². The van der Waals surface area contributed by atoms with Gasteiger partial charge in [-0.1, -0.05) is 19.3 Å². The van der Waals surface area contributed by atoms with E-state index in [1.807, 2.05) is 4.90 Å². The second-order valence-corrected chi connectivity index (χ2v) is 5.15. The number of hydrogen-bond acceptors (Lipinski definition) is 3. The van der Waals surface area contributed by atoms with E-state index in [2.05, 4.69) is 0 Å². The lowest BCUT2D eigenvalue weighted by atomic mass is 10.1. The van der Waals surface area contributed by atoms with E-state index in [1.165, 1.54) is 19.3 Å². The smallest absolute Gasteiger partial charge is 0.251 e. The summed E-state index contributed by atoms with van der Waals surface area (Å²) in [7, 11) is 0. The molecule has 2 rings (SSSR count). The minimum atomic E-state index is -0.219. The molecule has 5 heteroatoms. The number of nitrogens with zero attached hydrogens (tertiary/aromatic N) is 1. The average molecular weight is 277 g/mol. The SMILES string of the molecule is Cl.NC[C@H]1CC[C@@H](C(=O)N2CCCCCCC2)O1. The van der Waals surface area contributed by atoms with Gasteiger partial charge < -0.3 is 15.4 Å². The van der Waals surface area contributed by atoms with E-state index in [1.54, 1.807) is 0 Å². The van der Waals surface area contributed by atoms with Gasteiger partial charge in [0.15, 0.2) is 0 Å². The Bertz CT molecular complexity index is 255. The summed E-state index contributed by atoms with van der Waals surface area (Å²) in [6, 6.07) is 0. The molecule has 2 heterocycles. The van der Waals surface area contributed by atoms with Crippen molar-refractivity contribution in [2.45, 2.75) is 57.2 Å². The molecule has 0 bridgehead atoms. The van der Waals surface area contributed by atoms with E-state index in [4.69, 9.17) is 10.5 Å². The zero-order valence-corrected chi connectivity index (χ0v) is 11.8. The fraction of sp³-hybridized carbons (Fsp3) is 0.923. The molecule has 4 nitrogen and oxygen atoms in total. The lowest BCUT2D eigenvalue weighted by Crippen LogP contribution is -2.41. The molecule has 2 aliphatic heterocycles. The zero-order chi connectivity index (χ0) is 12.1. The number of rotatable bonds is 2. The van der Waals surface area contributed by atoms with E-state index in [0.717, 1.165) is 38.8 Å². The third-order valence-electron chi connectivity index (χ3n) is 3.81. The molecule has 0 radical (unpaired) electrons. The van der Waals surface area contributed by atoms with E-state index >= 15 is 0 Å². The first-order chi connectivity index (χ1) is 8.31. The predicted molar refractivity (Wildman–Crippen MR) is 73.9 cm³/mol. The summed E-state index contributed by atoms with van der Waals surface area (Å²) in [5.74, 6) is 0.197. The van der Waals surface area contributed by atoms with E-state index in [0.29, 0.717) is 6.54 Å². The number of hydrogen-bond donors (Lipinski definition) is 1. The number of nitrogens with two attached hydrogens (primary N) is 1. The minimum absolute atomic E-state index is 0. The third-order valence-corrected chi connectivity index (χ3v) is 3.81. The molecule has 0 spiro atoms. The van der Waals surface area contributed by atoms with Crippen LogP contribution >= 0.6 is 12.4 Å². The van der Waals surface area contributed by atoms with Gasteiger partial charge in [-0.3, -0.25) is 4.79 Å². The number of likely N-dealkylation sites (tertiary alicyclic amines) is 1. The van der Waals surface area contributed by atoms with Crippen LogP contribution in [0.1, 0.15) is 44.9 Å². The van der Waals surface area contributed by atoms with Crippen LogP contribution < -0.4 is 5.73 Å². The minimum Gasteiger partial charge on any atom is -0.364 e. The lowest BCUT2D eigenvalue weighted by molar-refractivity contribution is -0.143. The van der Waals surface area contributed by atoms with Crippen LogP contribution in [0, 0.1) is 0 Å². The molecule has 0 saturated carbocycles. The maximum absolute atomic E-state index is 12.3. The van der Waals surface area contributed by atoms with Crippen LogP contribution in [0.3, 0.4) is 0 Å². The largest absolute Gasteiger partial charge is 0.364 e. The Morgan fingerprint density at radius 3 is 2.28 bits per heavy atom. The zero-order valence-electron chi connectivity index (χ0n) is 11.0. The highest BCUT2D eigenvalue weighted by molar-refractivity contribution is 5.85. The van der Waals surface area contributed by atoms with Crippen molar-refractivity contribution < 1.29 is 9.53 Å². The van der Waals surface area contributed by atoms with Crippen molar-refractivity contribution in [1.29, 1.82) is 0 Å². The molecule has 2 atom stereocenters. The average Bonchev–Trinajstić information content (AvgIpc) is 2.76. The summed E-state index contributed by atoms with van der Waals surface area (Å²) in [6.45, 7) is 2.35. The molecule has 106 valence electrons. The van der Waals surface area contributed by atoms with Gasteiger partial charge in [0.05, 0.1) is 6.10 Å². The molecule has 2 N–H and O–H groups in total. The summed E-state index contributed by atoms with van der Waals surface area (Å²) in [4.78, 5) is 14.3. The fourth-order valence-corrected chi connectivity index (χ4v) is 2.73. The second kappa shape index (κ2) is 7.97. The highest BCUT2D eigenvalue weighted by Crippen LogP contribution is 2.22. The van der Waals surface area contributed by atoms with Crippen molar-refractivity contribution in [3.05, 3.63) is 0 Å². The molecule has 0 unspecified atom stereocenters. The van der Waals surface area contributed by atoms with Crippen LogP contribution in [0.4, 0.5) is 0 Å². The first-order valence-corrected chi connectivity index (χ1v) is 6.95. The van der Waals surface area contributed by atoms with Crippen LogP contribution in [0.15, 0.2) is 0 Å². The van der Waals surface area contributed by atoms with Crippen LogP contribution in [0.25, 0.3) is 0 Å². The molecule has 2 aliphatic rings. The van der Waals surface area contributed by atoms with Gasteiger partial charge in [-0.15, -0.1) is 12.4 Å². The van der Waals surface area contributed by atoms with Gasteiger partial charge in [-0.25, -0.2) is 0 Å². The lowest BCUT2D eigenvalue weighted by Gasteiger charge is -2.27. The van der Waals surface area contributed by atoms with Gasteiger partial charge >= 0.3 is 0 Å². The van der Waals surface area contributed by atoms with Gasteiger partial charge in [0.2, 0.25) is 0 Å². The Morgan fingerprint density at radius 2 is 1.72 bits per heavy atom. The number of halogens is 1. The van der Waals surface area contributed by atoms with Gasteiger partial charge in [-0.05, 0) is 25.7 Å². The van der Waals surface area contributed by atoms with Crippen molar-refractivity contribution in [2.75, 3.05) is 19.6 Å². The molecule has 2 fully saturated rings. The maximum Gasteiger partial charge on any atom is 0.251 e. The van der Waals surface area contributed by atoms with Crippen LogP contribution in [-0.4, -0.2) is 42.6 Å². The van der Waals surface area contributed by atoms with Crippen LogP contribution in [0.5, 0.6) is 0 Å². The Kier molecular flexibility index (Phi) is 6.97. The van der Waals surface area contributed by atoms with Crippen molar-refractivity contribution in [2.24, 2.45) is 5.73 Å². The summed E-state index contributed by atoms with van der Waals surface area (Å²) in [5.41, 5.74) is 5.57. The number of ether oxygens (including phenoxy) is 1. The van der Waals surface area contributed by atoms with Gasteiger partial charge in [0.1, 0.15) is 6.10 Å². The number of amides is 1. The summed E-state index contributed by atoms with van der Waals surface area (Å²) >= 11 is 0. The maximum atomic E-state index is 12.3. The Labute approximate surface area is 116 Å². The molecule has 1 amide bonds. The summed E-state index contributed by atoms with van der Waals surface area (Å²) in [6.07, 6.45) is 7.75. The standard InChI is InChI=1S/C13H24N2O2.ClH/c14-10-11-6-7-12(17-11)13(16)15-8-4-2-1-3-5-9-15;/h11-12H,1-10,14H2;1H/t11-,12+;/m1./s1. The molecule has 0 aromatic heterocycles. The highest BCUT2D eigenvalue weighted by atomic mass is 35.5. The Balaban J connectivity index is 0.00000162. The van der Waals surface area contributed by atoms with Crippen LogP contribution in [-0.2, 0) is 9.53 Å². The van der Waals surface area contributed by atoms with Crippen molar-refractivity contribution in [3.63, 3.8) is 0 Å². The predicted octanol–water partition coefficient (Wildman–Crippen LogP) is 1.71. The summed E-state index contributed by atoms with van der Waals surface area (Å²) < 4.78 is 5.68. The Hall–Kier alpha value is -0.320. The van der Waals surface area contributed by atoms with Crippen LogP contribution in [0.2, 0.25) is 0 Å². The first kappa shape index (κ1) is 15.7. The number of carbonyl (C=O) groups is 1. The monoisotopic (exact) mass is 276 g/mol. The topological polar surface area (TPSA) is 55.6 Å². The molecule has 2 saturated heterocycles. The van der Waals surface area contributed by atoms with E-state index in [-0.39, 0.29) is 30.5 Å². The van der Waals surface area contributed by atoms with Gasteiger partial charge in [0.25, 0.3) is 5.91 Å². The summed E-state index contributed by atoms with van der Waals surface area (Å²) in [5, 5.41) is 0. The first-order valence-electron chi connectivity index (χ1n) is 6.95. The second-order valence-electron chi connectivity index (χ2n) is 5.15. The van der Waals surface area contributed by atoms with Crippen molar-refractivity contribution in [3.8, 4) is 0 Å². The number of carbonyl (C=O) groups excluding carboxylic acids is 1. The Morgan fingerprint density at radius 1 is 1.11 bits per heavy atom. The third kappa shape index (κ3) is 4.11. The molecular formula is C13H25ClN2O2. The van der Waals surface area contributed by atoms with E-state index in [9.17, 15) is 4.79 Å². The van der Waals surface area contributed by atoms with Gasteiger partial charge in [0, 0.05) is 19.6 Å². The molecular weight excluding hydrogens is 252 g/mol. The molecule has 0 aromatic carbocycles. The quantitative estimate of drug-likeness (QED) is 0.835. The fourth-order valence-electron chi connectivity index (χ4n) is 2.73.